The summed E-state index contributed by atoms with van der Waals surface area (Å²) < 4.78 is 35.3. The molecule has 0 aromatic heterocycles. The molecule has 0 saturated heterocycles. The molecule has 0 spiro atoms. The molecule has 0 amide bonds. The second kappa shape index (κ2) is 6.70. The summed E-state index contributed by atoms with van der Waals surface area (Å²) in [5.41, 5.74) is 7.21. The van der Waals surface area contributed by atoms with Gasteiger partial charge in [0.2, 0.25) is 0 Å². The fraction of sp³-hybridized carbons (Fsp3) is 0.250. The van der Waals surface area contributed by atoms with Crippen LogP contribution in [0.2, 0.25) is 0 Å². The highest BCUT2D eigenvalue weighted by molar-refractivity contribution is 5.85. The molecule has 2 aromatic rings. The van der Waals surface area contributed by atoms with E-state index in [9.17, 15) is 13.9 Å². The van der Waals surface area contributed by atoms with E-state index in [1.54, 1.807) is 6.07 Å². The Balaban J connectivity index is 0.00000192. The van der Waals surface area contributed by atoms with Gasteiger partial charge in [-0.3, -0.25) is 0 Å². The lowest BCUT2D eigenvalue weighted by Gasteiger charge is -2.20. The van der Waals surface area contributed by atoms with Gasteiger partial charge in [-0.15, -0.1) is 21.2 Å². The summed E-state index contributed by atoms with van der Waals surface area (Å²) in [6.45, 7) is 0. The zero-order valence-electron chi connectivity index (χ0n) is 12.0. The summed E-state index contributed by atoms with van der Waals surface area (Å²) >= 11 is 0. The van der Waals surface area contributed by atoms with Gasteiger partial charge in [-0.25, -0.2) is 0 Å². The molecule has 1 aliphatic heterocycles. The molecular weight excluding hydrogens is 328 g/mol. The van der Waals surface area contributed by atoms with Crippen molar-refractivity contribution in [1.29, 1.82) is 0 Å². The van der Waals surface area contributed by atoms with Crippen LogP contribution in [0.15, 0.2) is 48.5 Å². The van der Waals surface area contributed by atoms with Crippen LogP contribution in [0.1, 0.15) is 17.2 Å². The van der Waals surface area contributed by atoms with Crippen molar-refractivity contribution in [3.05, 3.63) is 59.7 Å². The van der Waals surface area contributed by atoms with E-state index >= 15 is 0 Å². The second-order valence-corrected chi connectivity index (χ2v) is 5.12. The molecule has 2 aromatic carbocycles. The minimum atomic E-state index is -3.71. The summed E-state index contributed by atoms with van der Waals surface area (Å²) in [6, 6.07) is 12.9. The fourth-order valence-electron chi connectivity index (χ4n) is 2.44. The number of nitrogens with two attached hydrogens (primary N) is 1. The Labute approximate surface area is 138 Å². The Bertz CT molecular complexity index is 670. The predicted octanol–water partition coefficient (Wildman–Crippen LogP) is 3.03. The number of fused-ring (bicyclic) bond motifs is 1. The number of ether oxygens (including phenoxy) is 2. The molecule has 0 bridgehead atoms. The molecule has 4 nitrogen and oxygen atoms in total. The Morgan fingerprint density at radius 1 is 1.04 bits per heavy atom. The van der Waals surface area contributed by atoms with E-state index in [0.29, 0.717) is 6.42 Å². The van der Waals surface area contributed by atoms with Gasteiger partial charge in [-0.05, 0) is 11.6 Å². The van der Waals surface area contributed by atoms with Crippen molar-refractivity contribution in [3.63, 3.8) is 0 Å². The van der Waals surface area contributed by atoms with E-state index < -0.39 is 18.4 Å². The van der Waals surface area contributed by atoms with Crippen LogP contribution in [0.5, 0.6) is 11.5 Å². The van der Waals surface area contributed by atoms with Crippen molar-refractivity contribution in [2.45, 2.75) is 24.9 Å². The van der Waals surface area contributed by atoms with Gasteiger partial charge in [-0.1, -0.05) is 42.5 Å². The van der Waals surface area contributed by atoms with E-state index in [4.69, 9.17) is 5.73 Å². The number of hydrogen-bond donors (Lipinski definition) is 2. The normalized spacial score (nSPS) is 17.2. The van der Waals surface area contributed by atoms with Crippen molar-refractivity contribution in [1.82, 2.24) is 0 Å². The maximum atomic E-state index is 13.2. The summed E-state index contributed by atoms with van der Waals surface area (Å²) in [4.78, 5) is 0. The van der Waals surface area contributed by atoms with E-state index in [0.717, 1.165) is 5.56 Å². The number of para-hydroxylation sites is 1. The van der Waals surface area contributed by atoms with Gasteiger partial charge in [0.25, 0.3) is 0 Å². The molecule has 1 aliphatic rings. The highest BCUT2D eigenvalue weighted by Gasteiger charge is 2.45. The number of rotatable bonds is 4. The number of aliphatic hydroxyl groups excluding tert-OH is 1. The Morgan fingerprint density at radius 3 is 2.43 bits per heavy atom. The maximum absolute atomic E-state index is 13.2. The highest BCUT2D eigenvalue weighted by atomic mass is 35.5. The third kappa shape index (κ3) is 3.72. The molecule has 0 radical (unpaired) electrons. The Hall–Kier alpha value is -1.89. The standard InChI is InChI=1S/C16H15F2NO3.ClH/c17-16(18)21-13-8-4-7-11(15(13)22-16)14(19)12(20)9-10-5-2-1-3-6-10;/h1-8,12,14,20H,9,19H2;1H/t12-,14+;/m1./s1. The molecule has 3 rings (SSSR count). The topological polar surface area (TPSA) is 64.7 Å². The molecule has 0 saturated carbocycles. The smallest absolute Gasteiger partial charge is 0.395 e. The lowest BCUT2D eigenvalue weighted by molar-refractivity contribution is -0.287. The molecule has 0 aliphatic carbocycles. The van der Waals surface area contributed by atoms with Gasteiger partial charge in [0.1, 0.15) is 0 Å². The van der Waals surface area contributed by atoms with Crippen molar-refractivity contribution < 1.29 is 23.4 Å². The maximum Gasteiger partial charge on any atom is 0.586 e. The fourth-order valence-corrected chi connectivity index (χ4v) is 2.44. The van der Waals surface area contributed by atoms with Crippen molar-refractivity contribution >= 4 is 12.4 Å². The summed E-state index contributed by atoms with van der Waals surface area (Å²) in [5.74, 6) is -0.197. The highest BCUT2D eigenvalue weighted by Crippen LogP contribution is 2.45. The van der Waals surface area contributed by atoms with Gasteiger partial charge >= 0.3 is 6.29 Å². The van der Waals surface area contributed by atoms with Crippen LogP contribution >= 0.6 is 12.4 Å². The van der Waals surface area contributed by atoms with Crippen LogP contribution in [0.25, 0.3) is 0 Å². The molecule has 1 heterocycles. The molecule has 3 N–H and O–H groups in total. The van der Waals surface area contributed by atoms with Gasteiger partial charge in [-0.2, -0.15) is 0 Å². The monoisotopic (exact) mass is 343 g/mol. The van der Waals surface area contributed by atoms with E-state index in [1.165, 1.54) is 12.1 Å². The zero-order chi connectivity index (χ0) is 15.7. The molecule has 0 fully saturated rings. The summed E-state index contributed by atoms with van der Waals surface area (Å²) in [6.07, 6.45) is -4.34. The Morgan fingerprint density at radius 2 is 1.74 bits per heavy atom. The number of hydrogen-bond acceptors (Lipinski definition) is 4. The lowest BCUT2D eigenvalue weighted by Crippen LogP contribution is -2.29. The third-order valence-electron chi connectivity index (χ3n) is 3.52. The summed E-state index contributed by atoms with van der Waals surface area (Å²) in [7, 11) is 0. The van der Waals surface area contributed by atoms with Crippen LogP contribution in [0, 0.1) is 0 Å². The minimum Gasteiger partial charge on any atom is -0.395 e. The first-order valence-corrected chi connectivity index (χ1v) is 6.82. The van der Waals surface area contributed by atoms with Crippen LogP contribution in [0.3, 0.4) is 0 Å². The lowest BCUT2D eigenvalue weighted by atomic mass is 9.96. The average molecular weight is 344 g/mol. The van der Waals surface area contributed by atoms with E-state index in [1.807, 2.05) is 30.3 Å². The third-order valence-corrected chi connectivity index (χ3v) is 3.52. The number of alkyl halides is 2. The van der Waals surface area contributed by atoms with Crippen molar-refractivity contribution in [2.75, 3.05) is 0 Å². The number of benzene rings is 2. The molecule has 2 atom stereocenters. The largest absolute Gasteiger partial charge is 0.586 e. The number of halogens is 3. The molecule has 7 heteroatoms. The first-order valence-electron chi connectivity index (χ1n) is 6.82. The van der Waals surface area contributed by atoms with Gasteiger partial charge in [0.15, 0.2) is 11.5 Å². The first-order chi connectivity index (χ1) is 10.5. The predicted molar refractivity (Wildman–Crippen MR) is 83.0 cm³/mol. The second-order valence-electron chi connectivity index (χ2n) is 5.12. The van der Waals surface area contributed by atoms with Gasteiger partial charge in [0, 0.05) is 12.0 Å². The summed E-state index contributed by atoms with van der Waals surface area (Å²) in [5, 5.41) is 10.3. The van der Waals surface area contributed by atoms with E-state index in [-0.39, 0.29) is 29.5 Å². The van der Waals surface area contributed by atoms with Crippen LogP contribution in [-0.4, -0.2) is 17.5 Å². The average Bonchev–Trinajstić information content (AvgIpc) is 2.81. The van der Waals surface area contributed by atoms with Gasteiger partial charge in [0.05, 0.1) is 12.1 Å². The number of aliphatic hydroxyl groups is 1. The molecular formula is C16H16ClF2NO3. The van der Waals surface area contributed by atoms with E-state index in [2.05, 4.69) is 9.47 Å². The SMILES string of the molecule is Cl.N[C@@H](c1cccc2c1OC(F)(F)O2)[C@H](O)Cc1ccccc1. The van der Waals surface area contributed by atoms with Gasteiger partial charge < -0.3 is 20.3 Å². The minimum absolute atomic E-state index is 0. The Kier molecular flexibility index (Phi) is 5.09. The first kappa shape index (κ1) is 17.5. The zero-order valence-corrected chi connectivity index (χ0v) is 12.8. The molecule has 0 unspecified atom stereocenters. The van der Waals surface area contributed by atoms with Crippen molar-refractivity contribution in [2.24, 2.45) is 5.73 Å². The quantitative estimate of drug-likeness (QED) is 0.895. The van der Waals surface area contributed by atoms with Crippen LogP contribution in [-0.2, 0) is 6.42 Å². The molecule has 23 heavy (non-hydrogen) atoms. The van der Waals surface area contributed by atoms with Crippen LogP contribution in [0.4, 0.5) is 8.78 Å². The molecule has 124 valence electrons. The van der Waals surface area contributed by atoms with Crippen LogP contribution < -0.4 is 15.2 Å². The van der Waals surface area contributed by atoms with Crippen molar-refractivity contribution in [3.8, 4) is 11.5 Å².